The summed E-state index contributed by atoms with van der Waals surface area (Å²) < 4.78 is 1.16. The number of aromatic nitrogens is 1. The Morgan fingerprint density at radius 2 is 1.45 bits per heavy atom. The van der Waals surface area contributed by atoms with Crippen molar-refractivity contribution in [2.45, 2.75) is 76.3 Å². The molecule has 2 fully saturated rings. The van der Waals surface area contributed by atoms with Crippen molar-refractivity contribution in [3.8, 4) is 0 Å². The fourth-order valence-corrected chi connectivity index (χ4v) is 4.44. The Kier molecular flexibility index (Phi) is 4.98. The average molecular weight is 337 g/mol. The molecule has 3 heteroatoms. The van der Waals surface area contributed by atoms with Crippen molar-refractivity contribution in [3.63, 3.8) is 0 Å². The predicted molar refractivity (Wildman–Crippen MR) is 88.2 cm³/mol. The van der Waals surface area contributed by atoms with Crippen LogP contribution in [0.15, 0.2) is 22.9 Å². The Labute approximate surface area is 131 Å². The second kappa shape index (κ2) is 6.93. The Morgan fingerprint density at radius 3 is 1.95 bits per heavy atom. The molecule has 0 spiro atoms. The monoisotopic (exact) mass is 336 g/mol. The summed E-state index contributed by atoms with van der Waals surface area (Å²) in [6.45, 7) is 0. The highest BCUT2D eigenvalue weighted by Gasteiger charge is 2.29. The fourth-order valence-electron chi connectivity index (χ4n) is 3.99. The molecule has 1 aromatic rings. The fraction of sp³-hybridized carbons (Fsp3) is 0.706. The smallest absolute Gasteiger partial charge is 0.0592 e. The van der Waals surface area contributed by atoms with E-state index in [0.717, 1.165) is 16.6 Å². The normalized spacial score (nSPS) is 21.9. The van der Waals surface area contributed by atoms with Gasteiger partial charge in [-0.25, -0.2) is 0 Å². The Balaban J connectivity index is 1.87. The summed E-state index contributed by atoms with van der Waals surface area (Å²) >= 11 is 3.73. The number of rotatable bonds is 3. The number of halogens is 1. The molecular formula is C17H25BrN2. The molecule has 0 saturated heterocycles. The first-order valence-corrected chi connectivity index (χ1v) is 9.03. The van der Waals surface area contributed by atoms with E-state index in [1.807, 2.05) is 12.4 Å². The van der Waals surface area contributed by atoms with Crippen molar-refractivity contribution >= 4 is 21.6 Å². The zero-order valence-corrected chi connectivity index (χ0v) is 13.8. The quantitative estimate of drug-likeness (QED) is 0.742. The molecule has 0 unspecified atom stereocenters. The minimum Gasteiger partial charge on any atom is -0.365 e. The average Bonchev–Trinajstić information content (AvgIpc) is 2.52. The molecule has 0 aliphatic heterocycles. The zero-order chi connectivity index (χ0) is 13.8. The number of hydrogen-bond donors (Lipinski definition) is 0. The number of hydrogen-bond acceptors (Lipinski definition) is 2. The lowest BCUT2D eigenvalue weighted by Crippen LogP contribution is -2.45. The predicted octanol–water partition coefficient (Wildman–Crippen LogP) is 5.32. The third kappa shape index (κ3) is 3.19. The molecule has 20 heavy (non-hydrogen) atoms. The highest BCUT2D eigenvalue weighted by molar-refractivity contribution is 9.10. The summed E-state index contributed by atoms with van der Waals surface area (Å²) in [6.07, 6.45) is 17.8. The first-order valence-electron chi connectivity index (χ1n) is 8.24. The van der Waals surface area contributed by atoms with Crippen LogP contribution in [0, 0.1) is 0 Å². The SMILES string of the molecule is Brc1cnccc1N(C1CCCCC1)C1CCCCC1. The first kappa shape index (κ1) is 14.4. The lowest BCUT2D eigenvalue weighted by Gasteiger charge is -2.43. The maximum atomic E-state index is 4.24. The summed E-state index contributed by atoms with van der Waals surface area (Å²) in [5, 5.41) is 0. The number of anilines is 1. The van der Waals surface area contributed by atoms with Crippen molar-refractivity contribution in [2.24, 2.45) is 0 Å². The van der Waals surface area contributed by atoms with Crippen LogP contribution >= 0.6 is 15.9 Å². The maximum absolute atomic E-state index is 4.24. The molecule has 0 amide bonds. The van der Waals surface area contributed by atoms with E-state index in [2.05, 4.69) is 31.9 Å². The van der Waals surface area contributed by atoms with Gasteiger partial charge in [-0.05, 0) is 47.7 Å². The topological polar surface area (TPSA) is 16.1 Å². The van der Waals surface area contributed by atoms with Crippen molar-refractivity contribution in [1.82, 2.24) is 4.98 Å². The summed E-state index contributed by atoms with van der Waals surface area (Å²) in [6, 6.07) is 3.68. The van der Waals surface area contributed by atoms with E-state index in [-0.39, 0.29) is 0 Å². The lowest BCUT2D eigenvalue weighted by molar-refractivity contribution is 0.339. The van der Waals surface area contributed by atoms with E-state index >= 15 is 0 Å². The summed E-state index contributed by atoms with van der Waals surface area (Å²) in [5.41, 5.74) is 1.37. The Bertz CT molecular complexity index is 405. The van der Waals surface area contributed by atoms with E-state index in [4.69, 9.17) is 0 Å². The molecule has 110 valence electrons. The summed E-state index contributed by atoms with van der Waals surface area (Å²) in [7, 11) is 0. The van der Waals surface area contributed by atoms with Crippen LogP contribution in [-0.2, 0) is 0 Å². The molecule has 0 N–H and O–H groups in total. The van der Waals surface area contributed by atoms with Crippen LogP contribution in [0.3, 0.4) is 0 Å². The summed E-state index contributed by atoms with van der Waals surface area (Å²) in [5.74, 6) is 0. The second-order valence-corrected chi connectivity index (χ2v) is 7.17. The van der Waals surface area contributed by atoms with Gasteiger partial charge in [-0.1, -0.05) is 38.5 Å². The minimum atomic E-state index is 0.741. The van der Waals surface area contributed by atoms with Gasteiger partial charge in [0.15, 0.2) is 0 Å². The van der Waals surface area contributed by atoms with Gasteiger partial charge in [0.25, 0.3) is 0 Å². The highest BCUT2D eigenvalue weighted by Crippen LogP contribution is 2.37. The second-order valence-electron chi connectivity index (χ2n) is 6.32. The third-order valence-corrected chi connectivity index (χ3v) is 5.58. The number of pyridine rings is 1. The van der Waals surface area contributed by atoms with Gasteiger partial charge in [-0.15, -0.1) is 0 Å². The van der Waals surface area contributed by atoms with Crippen LogP contribution in [0.4, 0.5) is 5.69 Å². The van der Waals surface area contributed by atoms with Gasteiger partial charge in [0.05, 0.1) is 10.2 Å². The summed E-state index contributed by atoms with van der Waals surface area (Å²) in [4.78, 5) is 7.00. The van der Waals surface area contributed by atoms with Crippen LogP contribution in [0.25, 0.3) is 0 Å². The van der Waals surface area contributed by atoms with Crippen molar-refractivity contribution in [1.29, 1.82) is 0 Å². The van der Waals surface area contributed by atoms with Gasteiger partial charge >= 0.3 is 0 Å². The van der Waals surface area contributed by atoms with Crippen LogP contribution in [-0.4, -0.2) is 17.1 Å². The molecule has 0 aromatic carbocycles. The van der Waals surface area contributed by atoms with Crippen LogP contribution in [0.5, 0.6) is 0 Å². The molecule has 2 saturated carbocycles. The lowest BCUT2D eigenvalue weighted by atomic mass is 9.88. The van der Waals surface area contributed by atoms with Crippen LogP contribution < -0.4 is 4.90 Å². The van der Waals surface area contributed by atoms with Gasteiger partial charge in [-0.3, -0.25) is 4.98 Å². The van der Waals surface area contributed by atoms with E-state index in [9.17, 15) is 0 Å². The van der Waals surface area contributed by atoms with Gasteiger partial charge in [-0.2, -0.15) is 0 Å². The Morgan fingerprint density at radius 1 is 0.900 bits per heavy atom. The van der Waals surface area contributed by atoms with Gasteiger partial charge in [0.2, 0.25) is 0 Å². The van der Waals surface area contributed by atoms with E-state index in [1.165, 1.54) is 69.9 Å². The standard InChI is InChI=1S/C17H25BrN2/c18-16-13-19-12-11-17(16)20(14-7-3-1-4-8-14)15-9-5-2-6-10-15/h11-15H,1-10H2. The molecular weight excluding hydrogens is 312 g/mol. The molecule has 2 nitrogen and oxygen atoms in total. The van der Waals surface area contributed by atoms with E-state index in [0.29, 0.717) is 0 Å². The highest BCUT2D eigenvalue weighted by atomic mass is 79.9. The van der Waals surface area contributed by atoms with Crippen molar-refractivity contribution in [3.05, 3.63) is 22.9 Å². The Hall–Kier alpha value is -0.570. The van der Waals surface area contributed by atoms with Crippen LogP contribution in [0.1, 0.15) is 64.2 Å². The van der Waals surface area contributed by atoms with Gasteiger partial charge < -0.3 is 4.90 Å². The molecule has 2 aliphatic rings. The zero-order valence-electron chi connectivity index (χ0n) is 12.2. The molecule has 2 aliphatic carbocycles. The van der Waals surface area contributed by atoms with E-state index in [1.54, 1.807) is 0 Å². The molecule has 1 aromatic heterocycles. The number of nitrogens with zero attached hydrogens (tertiary/aromatic N) is 2. The van der Waals surface area contributed by atoms with Crippen molar-refractivity contribution in [2.75, 3.05) is 4.90 Å². The van der Waals surface area contributed by atoms with Crippen LogP contribution in [0.2, 0.25) is 0 Å². The van der Waals surface area contributed by atoms with Crippen molar-refractivity contribution < 1.29 is 0 Å². The molecule has 0 bridgehead atoms. The maximum Gasteiger partial charge on any atom is 0.0592 e. The third-order valence-electron chi connectivity index (χ3n) is 4.97. The van der Waals surface area contributed by atoms with Gasteiger partial charge in [0.1, 0.15) is 0 Å². The molecule has 0 atom stereocenters. The van der Waals surface area contributed by atoms with Gasteiger partial charge in [0, 0.05) is 24.5 Å². The largest absolute Gasteiger partial charge is 0.365 e. The molecule has 1 heterocycles. The minimum absolute atomic E-state index is 0.741. The molecule has 0 radical (unpaired) electrons. The molecule has 3 rings (SSSR count). The van der Waals surface area contributed by atoms with E-state index < -0.39 is 0 Å². The first-order chi connectivity index (χ1) is 9.86.